The number of ether oxygens (including phenoxy) is 2. The van der Waals surface area contributed by atoms with Crippen LogP contribution in [-0.4, -0.2) is 61.4 Å². The van der Waals surface area contributed by atoms with E-state index in [9.17, 15) is 5.11 Å². The fourth-order valence-electron chi connectivity index (χ4n) is 5.79. The van der Waals surface area contributed by atoms with Crippen LogP contribution in [0.3, 0.4) is 0 Å². The molecule has 1 saturated heterocycles. The molecule has 0 aliphatic carbocycles. The van der Waals surface area contributed by atoms with Crippen LogP contribution in [0.25, 0.3) is 22.2 Å². The fourth-order valence-corrected chi connectivity index (χ4v) is 5.79. The number of aliphatic hydroxyl groups is 1. The van der Waals surface area contributed by atoms with E-state index in [0.29, 0.717) is 6.61 Å². The smallest absolute Gasteiger partial charge is 0.216 e. The van der Waals surface area contributed by atoms with Crippen LogP contribution in [0.15, 0.2) is 41.1 Å². The van der Waals surface area contributed by atoms with Crippen molar-refractivity contribution in [1.82, 2.24) is 24.6 Å². The number of pyridine rings is 1. The van der Waals surface area contributed by atoms with E-state index in [1.165, 1.54) is 0 Å². The third-order valence-electron chi connectivity index (χ3n) is 7.53. The molecule has 200 valence electrons. The molecule has 38 heavy (non-hydrogen) atoms. The van der Waals surface area contributed by atoms with Crippen LogP contribution in [0, 0.1) is 13.8 Å². The van der Waals surface area contributed by atoms with Gasteiger partial charge in [-0.15, -0.1) is 0 Å². The highest BCUT2D eigenvalue weighted by Crippen LogP contribution is 2.46. The summed E-state index contributed by atoms with van der Waals surface area (Å²) in [6, 6.07) is 10.0. The zero-order chi connectivity index (χ0) is 26.6. The Kier molecular flexibility index (Phi) is 6.25. The summed E-state index contributed by atoms with van der Waals surface area (Å²) in [6.45, 7) is 11.7. The van der Waals surface area contributed by atoms with Gasteiger partial charge < -0.3 is 23.7 Å². The summed E-state index contributed by atoms with van der Waals surface area (Å²) in [6.07, 6.45) is 2.66. The van der Waals surface area contributed by atoms with Crippen molar-refractivity contribution in [3.63, 3.8) is 0 Å². The molecule has 9 heteroatoms. The lowest BCUT2D eigenvalue weighted by molar-refractivity contribution is -0.242. The minimum Gasteiger partial charge on any atom is -0.488 e. The van der Waals surface area contributed by atoms with Gasteiger partial charge in [0.05, 0.1) is 28.1 Å². The van der Waals surface area contributed by atoms with Crippen LogP contribution in [-0.2, 0) is 4.74 Å². The van der Waals surface area contributed by atoms with Crippen molar-refractivity contribution in [2.24, 2.45) is 0 Å². The van der Waals surface area contributed by atoms with Crippen molar-refractivity contribution in [3.05, 3.63) is 59.5 Å². The van der Waals surface area contributed by atoms with Gasteiger partial charge in [0.2, 0.25) is 6.41 Å². The first kappa shape index (κ1) is 25.0. The number of hydrogen-bond donors (Lipinski definition) is 1. The van der Waals surface area contributed by atoms with Gasteiger partial charge in [-0.25, -0.2) is 4.98 Å². The molecule has 0 bridgehead atoms. The Balaban J connectivity index is 1.42. The minimum atomic E-state index is -0.910. The molecule has 3 aromatic heterocycles. The number of aryl methyl sites for hydroxylation is 2. The second-order valence-corrected chi connectivity index (χ2v) is 11.3. The van der Waals surface area contributed by atoms with Crippen molar-refractivity contribution < 1.29 is 19.1 Å². The lowest BCUT2D eigenvalue weighted by atomic mass is 9.95. The van der Waals surface area contributed by atoms with Gasteiger partial charge in [0.15, 0.2) is 5.75 Å². The normalized spacial score (nSPS) is 19.6. The lowest BCUT2D eigenvalue weighted by Gasteiger charge is -2.37. The van der Waals surface area contributed by atoms with E-state index in [4.69, 9.17) is 19.0 Å². The number of hydrogen-bond acceptors (Lipinski definition) is 8. The Morgan fingerprint density at radius 3 is 2.55 bits per heavy atom. The van der Waals surface area contributed by atoms with Crippen LogP contribution in [0.1, 0.15) is 68.5 Å². The van der Waals surface area contributed by atoms with Crippen molar-refractivity contribution in [2.45, 2.75) is 71.4 Å². The van der Waals surface area contributed by atoms with Crippen molar-refractivity contribution in [2.75, 3.05) is 19.7 Å². The quantitative estimate of drug-likeness (QED) is 0.371. The number of aliphatic hydroxyl groups excluding tert-OH is 1. The fraction of sp³-hybridized carbons (Fsp3) is 0.483. The summed E-state index contributed by atoms with van der Waals surface area (Å²) in [4.78, 5) is 11.9. The second kappa shape index (κ2) is 9.48. The van der Waals surface area contributed by atoms with Crippen molar-refractivity contribution in [1.29, 1.82) is 0 Å². The molecule has 4 aromatic rings. The maximum atomic E-state index is 10.6. The molecule has 1 N–H and O–H groups in total. The summed E-state index contributed by atoms with van der Waals surface area (Å²) < 4.78 is 20.1. The van der Waals surface area contributed by atoms with E-state index in [0.717, 1.165) is 76.8 Å². The number of piperidine rings is 1. The molecule has 6 rings (SSSR count). The molecule has 2 aliphatic heterocycles. The molecule has 1 fully saturated rings. The second-order valence-electron chi connectivity index (χ2n) is 11.3. The summed E-state index contributed by atoms with van der Waals surface area (Å²) in [5, 5.41) is 14.8. The highest BCUT2D eigenvalue weighted by atomic mass is 16.6. The predicted octanol–water partition coefficient (Wildman–Crippen LogP) is 4.96. The van der Waals surface area contributed by atoms with E-state index in [1.54, 1.807) is 0 Å². The molecular formula is C29H35N5O4. The van der Waals surface area contributed by atoms with Crippen LogP contribution in [0.2, 0.25) is 0 Å². The third kappa shape index (κ3) is 4.38. The molecule has 2 atom stereocenters. The van der Waals surface area contributed by atoms with Gasteiger partial charge in [0.25, 0.3) is 0 Å². The molecule has 0 saturated carbocycles. The monoisotopic (exact) mass is 517 g/mol. The molecule has 0 amide bonds. The summed E-state index contributed by atoms with van der Waals surface area (Å²) in [7, 11) is 0. The first-order valence-corrected chi connectivity index (χ1v) is 13.3. The molecule has 1 unspecified atom stereocenters. The highest BCUT2D eigenvalue weighted by molar-refractivity contribution is 5.93. The Bertz CT molecular complexity index is 1430. The lowest BCUT2D eigenvalue weighted by Crippen LogP contribution is -2.45. The molecule has 1 aromatic carbocycles. The molecular weight excluding hydrogens is 482 g/mol. The number of aromatic nitrogens is 4. The van der Waals surface area contributed by atoms with E-state index in [1.807, 2.05) is 57.8 Å². The Morgan fingerprint density at radius 2 is 1.89 bits per heavy atom. The van der Waals surface area contributed by atoms with Crippen molar-refractivity contribution >= 4 is 11.0 Å². The van der Waals surface area contributed by atoms with E-state index >= 15 is 0 Å². The van der Waals surface area contributed by atoms with Gasteiger partial charge in [-0.1, -0.05) is 11.2 Å². The number of imidazole rings is 1. The molecule has 9 nitrogen and oxygen atoms in total. The van der Waals surface area contributed by atoms with Gasteiger partial charge in [-0.3, -0.25) is 9.88 Å². The molecule has 5 heterocycles. The van der Waals surface area contributed by atoms with Crippen LogP contribution in [0.4, 0.5) is 0 Å². The Hall–Kier alpha value is -3.27. The van der Waals surface area contributed by atoms with Gasteiger partial charge in [-0.2, -0.15) is 0 Å². The van der Waals surface area contributed by atoms with Crippen LogP contribution >= 0.6 is 0 Å². The number of likely N-dealkylation sites (tertiary alicyclic amines) is 1. The van der Waals surface area contributed by atoms with Gasteiger partial charge in [0.1, 0.15) is 29.8 Å². The third-order valence-corrected chi connectivity index (χ3v) is 7.53. The zero-order valence-electron chi connectivity index (χ0n) is 22.6. The number of nitrogens with zero attached hydrogens (tertiary/aromatic N) is 5. The summed E-state index contributed by atoms with van der Waals surface area (Å²) >= 11 is 0. The van der Waals surface area contributed by atoms with E-state index in [-0.39, 0.29) is 12.0 Å². The SMILES string of the molecule is Cc1noc(C)c1-c1ccc2nc(C3CCN(C(O)OC(C)(C)C)CC3)n3c2c1OC[C@@H]3c1ccccn1. The number of benzene rings is 1. The predicted molar refractivity (Wildman–Crippen MR) is 143 cm³/mol. The van der Waals surface area contributed by atoms with E-state index < -0.39 is 12.0 Å². The Morgan fingerprint density at radius 1 is 1.11 bits per heavy atom. The average molecular weight is 518 g/mol. The summed E-state index contributed by atoms with van der Waals surface area (Å²) in [5.41, 5.74) is 5.21. The average Bonchev–Trinajstić information content (AvgIpc) is 3.45. The largest absolute Gasteiger partial charge is 0.488 e. The van der Waals surface area contributed by atoms with Crippen molar-refractivity contribution in [3.8, 4) is 16.9 Å². The molecule has 0 spiro atoms. The van der Waals surface area contributed by atoms with Gasteiger partial charge in [-0.05, 0) is 71.7 Å². The van der Waals surface area contributed by atoms with E-state index in [2.05, 4.69) is 32.9 Å². The van der Waals surface area contributed by atoms with Gasteiger partial charge >= 0.3 is 0 Å². The number of rotatable bonds is 5. The maximum absolute atomic E-state index is 10.6. The van der Waals surface area contributed by atoms with Crippen LogP contribution in [0.5, 0.6) is 5.75 Å². The zero-order valence-corrected chi connectivity index (χ0v) is 22.6. The maximum Gasteiger partial charge on any atom is 0.216 e. The standard InChI is InChI=1S/C29H35N5O4/c1-17-24(18(2)38-32-17)20-9-10-22-25-26(20)36-16-23(21-8-6-7-13-30-21)34(25)27(31-22)19-11-14-33(15-12-19)28(35)37-29(3,4)5/h6-10,13,19,23,28,35H,11-12,14-16H2,1-5H3/t23-,28?/m1/s1. The van der Waals surface area contributed by atoms with Crippen LogP contribution < -0.4 is 4.74 Å². The highest BCUT2D eigenvalue weighted by Gasteiger charge is 2.36. The minimum absolute atomic E-state index is 0.0866. The molecule has 0 radical (unpaired) electrons. The first-order valence-electron chi connectivity index (χ1n) is 13.3. The Labute approximate surface area is 222 Å². The summed E-state index contributed by atoms with van der Waals surface area (Å²) in [5.74, 6) is 2.86. The van der Waals surface area contributed by atoms with Gasteiger partial charge in [0, 0.05) is 30.8 Å². The first-order chi connectivity index (χ1) is 18.2. The topological polar surface area (TPSA) is 98.7 Å². The molecule has 2 aliphatic rings.